The molecule has 3 rings (SSSR count). The van der Waals surface area contributed by atoms with E-state index in [1.807, 2.05) is 58.0 Å². The first kappa shape index (κ1) is 21.7. The van der Waals surface area contributed by atoms with Gasteiger partial charge in [0.25, 0.3) is 0 Å². The van der Waals surface area contributed by atoms with E-state index in [1.165, 1.54) is 5.56 Å². The minimum absolute atomic E-state index is 0.0500. The highest BCUT2D eigenvalue weighted by Gasteiger charge is 2.18. The lowest BCUT2D eigenvalue weighted by molar-refractivity contribution is -0.126. The van der Waals surface area contributed by atoms with Gasteiger partial charge in [-0.05, 0) is 33.3 Å². The predicted molar refractivity (Wildman–Crippen MR) is 122 cm³/mol. The molecule has 3 aromatic rings. The van der Waals surface area contributed by atoms with Gasteiger partial charge in [0.2, 0.25) is 11.8 Å². The molecule has 6 heteroatoms. The predicted octanol–water partition coefficient (Wildman–Crippen LogP) is 4.36. The summed E-state index contributed by atoms with van der Waals surface area (Å²) in [5.41, 5.74) is 3.62. The van der Waals surface area contributed by atoms with Crippen LogP contribution in [0, 0.1) is 6.92 Å². The monoisotopic (exact) mass is 421 g/mol. The Morgan fingerprint density at radius 2 is 1.60 bits per heavy atom. The first-order valence-electron chi connectivity index (χ1n) is 9.91. The number of carbonyl (C=O) groups is 2. The summed E-state index contributed by atoms with van der Waals surface area (Å²) in [6.07, 6.45) is 0.120. The van der Waals surface area contributed by atoms with Crippen molar-refractivity contribution in [3.8, 4) is 21.0 Å². The number of rotatable bonds is 6. The van der Waals surface area contributed by atoms with Crippen molar-refractivity contribution in [2.24, 2.45) is 0 Å². The van der Waals surface area contributed by atoms with Crippen LogP contribution < -0.4 is 10.6 Å². The second kappa shape index (κ2) is 9.22. The summed E-state index contributed by atoms with van der Waals surface area (Å²) in [6, 6.07) is 18.2. The Labute approximate surface area is 181 Å². The van der Waals surface area contributed by atoms with Gasteiger partial charge in [-0.15, -0.1) is 11.3 Å². The van der Waals surface area contributed by atoms with Crippen molar-refractivity contribution >= 4 is 23.2 Å². The van der Waals surface area contributed by atoms with Crippen LogP contribution in [0.2, 0.25) is 0 Å². The quantitative estimate of drug-likeness (QED) is 0.621. The largest absolute Gasteiger partial charge is 0.350 e. The molecule has 0 bridgehead atoms. The van der Waals surface area contributed by atoms with Crippen LogP contribution in [0.1, 0.15) is 32.0 Å². The molecule has 2 aromatic carbocycles. The van der Waals surface area contributed by atoms with Gasteiger partial charge in [0.05, 0.1) is 23.5 Å². The van der Waals surface area contributed by atoms with Crippen LogP contribution in [-0.2, 0) is 16.0 Å². The molecule has 2 N–H and O–H groups in total. The summed E-state index contributed by atoms with van der Waals surface area (Å²) in [4.78, 5) is 30.3. The molecule has 0 aliphatic heterocycles. The molecular formula is C24H27N3O2S. The Morgan fingerprint density at radius 3 is 2.23 bits per heavy atom. The first-order valence-corrected chi connectivity index (χ1v) is 10.7. The summed E-state index contributed by atoms with van der Waals surface area (Å²) in [7, 11) is 0. The van der Waals surface area contributed by atoms with Gasteiger partial charge in [0.15, 0.2) is 0 Å². The molecule has 1 heterocycles. The number of amides is 2. The van der Waals surface area contributed by atoms with Gasteiger partial charge >= 0.3 is 0 Å². The van der Waals surface area contributed by atoms with Crippen molar-refractivity contribution in [2.75, 3.05) is 6.54 Å². The highest BCUT2D eigenvalue weighted by atomic mass is 32.1. The molecule has 0 atom stereocenters. The van der Waals surface area contributed by atoms with E-state index >= 15 is 0 Å². The van der Waals surface area contributed by atoms with Gasteiger partial charge in [0, 0.05) is 11.1 Å². The topological polar surface area (TPSA) is 71.1 Å². The smallest absolute Gasteiger partial charge is 0.239 e. The fraction of sp³-hybridized carbons (Fsp3) is 0.292. The molecule has 5 nitrogen and oxygen atoms in total. The second-order valence-corrected chi connectivity index (χ2v) is 9.28. The van der Waals surface area contributed by atoms with Gasteiger partial charge in [0.1, 0.15) is 5.01 Å². The molecular weight excluding hydrogens is 394 g/mol. The van der Waals surface area contributed by atoms with Gasteiger partial charge in [-0.1, -0.05) is 60.2 Å². The summed E-state index contributed by atoms with van der Waals surface area (Å²) in [6.45, 7) is 7.71. The average molecular weight is 422 g/mol. The SMILES string of the molecule is Cc1ccc(-c2sc(-c3ccccc3)nc2CC(=O)NCC(=O)NC(C)(C)C)cc1. The van der Waals surface area contributed by atoms with Crippen molar-refractivity contribution in [1.29, 1.82) is 0 Å². The number of benzene rings is 2. The van der Waals surface area contributed by atoms with Crippen LogP contribution in [0.4, 0.5) is 0 Å². The van der Waals surface area contributed by atoms with Crippen molar-refractivity contribution in [2.45, 2.75) is 39.7 Å². The Balaban J connectivity index is 1.80. The molecule has 0 saturated heterocycles. The lowest BCUT2D eigenvalue weighted by atomic mass is 10.1. The maximum Gasteiger partial charge on any atom is 0.239 e. The fourth-order valence-corrected chi connectivity index (χ4v) is 4.05. The number of hydrogen-bond donors (Lipinski definition) is 2. The third kappa shape index (κ3) is 6.00. The molecule has 0 radical (unpaired) electrons. The zero-order valence-corrected chi connectivity index (χ0v) is 18.6. The zero-order chi connectivity index (χ0) is 21.7. The summed E-state index contributed by atoms with van der Waals surface area (Å²) >= 11 is 1.58. The van der Waals surface area contributed by atoms with Gasteiger partial charge in [-0.2, -0.15) is 0 Å². The molecule has 0 unspecified atom stereocenters. The van der Waals surface area contributed by atoms with E-state index in [0.717, 1.165) is 26.7 Å². The van der Waals surface area contributed by atoms with Crippen LogP contribution in [0.25, 0.3) is 21.0 Å². The zero-order valence-electron chi connectivity index (χ0n) is 17.8. The minimum atomic E-state index is -0.333. The van der Waals surface area contributed by atoms with Crippen LogP contribution in [0.15, 0.2) is 54.6 Å². The standard InChI is InChI=1S/C24H27N3O2S/c1-16-10-12-17(13-11-16)22-19(26-23(30-22)18-8-6-5-7-9-18)14-20(28)25-15-21(29)27-24(2,3)4/h5-13H,14-15H2,1-4H3,(H,25,28)(H,27,29). The van der Waals surface area contributed by atoms with E-state index in [9.17, 15) is 9.59 Å². The minimum Gasteiger partial charge on any atom is -0.350 e. The van der Waals surface area contributed by atoms with Crippen molar-refractivity contribution in [3.63, 3.8) is 0 Å². The van der Waals surface area contributed by atoms with Crippen molar-refractivity contribution in [1.82, 2.24) is 15.6 Å². The molecule has 1 aromatic heterocycles. The van der Waals surface area contributed by atoms with Gasteiger partial charge in [-0.3, -0.25) is 9.59 Å². The molecule has 0 aliphatic rings. The Hall–Kier alpha value is -2.99. The van der Waals surface area contributed by atoms with Crippen molar-refractivity contribution in [3.05, 3.63) is 65.9 Å². The third-order valence-corrected chi connectivity index (χ3v) is 5.52. The van der Waals surface area contributed by atoms with Crippen molar-refractivity contribution < 1.29 is 9.59 Å². The maximum atomic E-state index is 12.5. The Bertz CT molecular complexity index is 1020. The number of nitrogens with one attached hydrogen (secondary N) is 2. The Kier molecular flexibility index (Phi) is 6.67. The molecule has 2 amide bonds. The second-order valence-electron chi connectivity index (χ2n) is 8.28. The number of aryl methyl sites for hydroxylation is 1. The van der Waals surface area contributed by atoms with E-state index in [4.69, 9.17) is 4.98 Å². The number of aromatic nitrogens is 1. The van der Waals surface area contributed by atoms with Crippen LogP contribution in [0.3, 0.4) is 0 Å². The molecule has 0 fully saturated rings. The molecule has 0 aliphatic carbocycles. The number of nitrogens with zero attached hydrogens (tertiary/aromatic N) is 1. The van der Waals surface area contributed by atoms with E-state index in [1.54, 1.807) is 11.3 Å². The van der Waals surface area contributed by atoms with Gasteiger partial charge < -0.3 is 10.6 Å². The van der Waals surface area contributed by atoms with E-state index < -0.39 is 0 Å². The number of thiazole rings is 1. The normalized spacial score (nSPS) is 11.2. The Morgan fingerprint density at radius 1 is 0.933 bits per heavy atom. The highest BCUT2D eigenvalue weighted by molar-refractivity contribution is 7.18. The average Bonchev–Trinajstić information content (AvgIpc) is 3.10. The molecule has 156 valence electrons. The van der Waals surface area contributed by atoms with Crippen LogP contribution in [0.5, 0.6) is 0 Å². The van der Waals surface area contributed by atoms with Crippen LogP contribution in [-0.4, -0.2) is 28.9 Å². The summed E-state index contributed by atoms with van der Waals surface area (Å²) in [5.74, 6) is -0.435. The van der Waals surface area contributed by atoms with E-state index in [0.29, 0.717) is 0 Å². The van der Waals surface area contributed by atoms with Gasteiger partial charge in [-0.25, -0.2) is 4.98 Å². The maximum absolute atomic E-state index is 12.5. The molecule has 0 spiro atoms. The summed E-state index contributed by atoms with van der Waals surface area (Å²) in [5, 5.41) is 6.42. The number of hydrogen-bond acceptors (Lipinski definition) is 4. The third-order valence-electron chi connectivity index (χ3n) is 4.32. The lowest BCUT2D eigenvalue weighted by Gasteiger charge is -2.20. The first-order chi connectivity index (χ1) is 14.2. The highest BCUT2D eigenvalue weighted by Crippen LogP contribution is 2.35. The van der Waals surface area contributed by atoms with E-state index in [-0.39, 0.29) is 30.3 Å². The molecule has 30 heavy (non-hydrogen) atoms. The summed E-state index contributed by atoms with van der Waals surface area (Å²) < 4.78 is 0. The number of carbonyl (C=O) groups excluding carboxylic acids is 2. The fourth-order valence-electron chi connectivity index (χ4n) is 2.96. The molecule has 0 saturated carbocycles. The van der Waals surface area contributed by atoms with E-state index in [2.05, 4.69) is 34.9 Å². The van der Waals surface area contributed by atoms with Crippen LogP contribution >= 0.6 is 11.3 Å². The lowest BCUT2D eigenvalue weighted by Crippen LogP contribution is -2.46.